The summed E-state index contributed by atoms with van der Waals surface area (Å²) in [6, 6.07) is 19.6. The molecule has 12 heteroatoms. The second kappa shape index (κ2) is 13.6. The average molecular weight is 635 g/mol. The van der Waals surface area contributed by atoms with Gasteiger partial charge in [0.15, 0.2) is 15.6 Å². The van der Waals surface area contributed by atoms with Crippen molar-refractivity contribution in [3.05, 3.63) is 95.1 Å². The van der Waals surface area contributed by atoms with E-state index in [0.717, 1.165) is 17.2 Å². The van der Waals surface area contributed by atoms with Crippen LogP contribution in [-0.2, 0) is 39.6 Å². The van der Waals surface area contributed by atoms with Crippen LogP contribution in [0, 0.1) is 5.92 Å². The highest BCUT2D eigenvalue weighted by Gasteiger charge is 2.39. The highest BCUT2D eigenvalue weighted by molar-refractivity contribution is 7.91. The summed E-state index contributed by atoms with van der Waals surface area (Å²) < 4.78 is 74.7. The van der Waals surface area contributed by atoms with E-state index >= 15 is 0 Å². The molecule has 3 N–H and O–H groups in total. The van der Waals surface area contributed by atoms with Crippen LogP contribution in [0.15, 0.2) is 72.8 Å². The predicted molar refractivity (Wildman–Crippen MR) is 161 cm³/mol. The molecule has 0 bridgehead atoms. The van der Waals surface area contributed by atoms with E-state index in [1.807, 2.05) is 24.3 Å². The molecule has 3 aromatic rings. The van der Waals surface area contributed by atoms with Gasteiger partial charge in [0.05, 0.1) is 23.3 Å². The molecule has 0 spiro atoms. The molecule has 44 heavy (non-hydrogen) atoms. The van der Waals surface area contributed by atoms with E-state index in [-0.39, 0.29) is 35.6 Å². The van der Waals surface area contributed by atoms with Crippen LogP contribution in [0.2, 0.25) is 0 Å². The summed E-state index contributed by atoms with van der Waals surface area (Å²) in [6.07, 6.45) is -7.16. The fourth-order valence-corrected chi connectivity index (χ4v) is 7.09. The van der Waals surface area contributed by atoms with Crippen molar-refractivity contribution in [2.24, 2.45) is 5.92 Å². The Morgan fingerprint density at radius 1 is 0.932 bits per heavy atom. The van der Waals surface area contributed by atoms with Crippen LogP contribution in [0.5, 0.6) is 5.75 Å². The number of nitrogens with one attached hydrogen (secondary N) is 2. The third-order valence-corrected chi connectivity index (χ3v) is 9.18. The smallest absolute Gasteiger partial charge is 0.444 e. The monoisotopic (exact) mass is 634 g/mol. The maximum Gasteiger partial charge on any atom is 0.573 e. The number of rotatable bonds is 9. The average Bonchev–Trinajstić information content (AvgIpc) is 2.93. The summed E-state index contributed by atoms with van der Waals surface area (Å²) in [6.45, 7) is 6.51. The molecular formula is C32H37F3N2O6S. The maximum atomic E-state index is 13.3. The number of aliphatic hydroxyl groups excluding tert-OH is 1. The fourth-order valence-electron chi connectivity index (χ4n) is 5.13. The first-order valence-electron chi connectivity index (χ1n) is 14.2. The number of sulfone groups is 1. The molecule has 1 aliphatic heterocycles. The lowest BCUT2D eigenvalue weighted by molar-refractivity contribution is -0.274. The Bertz CT molecular complexity index is 1540. The van der Waals surface area contributed by atoms with Crippen LogP contribution in [0.25, 0.3) is 0 Å². The molecule has 1 aliphatic rings. The van der Waals surface area contributed by atoms with Crippen molar-refractivity contribution >= 4 is 21.6 Å². The Morgan fingerprint density at radius 3 is 2.32 bits per heavy atom. The van der Waals surface area contributed by atoms with Gasteiger partial charge in [-0.15, -0.1) is 13.2 Å². The lowest BCUT2D eigenvalue weighted by atomic mass is 9.86. The van der Waals surface area contributed by atoms with Gasteiger partial charge in [-0.1, -0.05) is 81.4 Å². The van der Waals surface area contributed by atoms with Crippen molar-refractivity contribution in [3.8, 4) is 5.75 Å². The SMILES string of the molecule is CC(C)(C)c1cccc(CN[C@H]2CS(=O)(=O)C[C@@H](Cc3ccc(NC(=O)OCc4ccccc4)c(OC(F)(F)F)c3)[C@@H]2O)c1. The molecule has 1 heterocycles. The zero-order valence-electron chi connectivity index (χ0n) is 24.7. The predicted octanol–water partition coefficient (Wildman–Crippen LogP) is 5.74. The summed E-state index contributed by atoms with van der Waals surface area (Å²) in [5, 5.41) is 16.6. The van der Waals surface area contributed by atoms with Gasteiger partial charge in [-0.3, -0.25) is 5.32 Å². The normalized spacial score (nSPS) is 20.1. The Kier molecular flexibility index (Phi) is 10.3. The van der Waals surface area contributed by atoms with Crippen molar-refractivity contribution in [3.63, 3.8) is 0 Å². The van der Waals surface area contributed by atoms with Crippen LogP contribution in [0.3, 0.4) is 0 Å². The Hall–Kier alpha value is -3.61. The topological polar surface area (TPSA) is 114 Å². The molecule has 3 aromatic carbocycles. The number of hydrogen-bond acceptors (Lipinski definition) is 7. The first-order valence-corrected chi connectivity index (χ1v) is 16.0. The summed E-state index contributed by atoms with van der Waals surface area (Å²) in [7, 11) is -3.57. The van der Waals surface area contributed by atoms with Gasteiger partial charge in [0.2, 0.25) is 0 Å². The molecule has 3 atom stereocenters. The van der Waals surface area contributed by atoms with Crippen molar-refractivity contribution < 1.29 is 41.0 Å². The fraction of sp³-hybridized carbons (Fsp3) is 0.406. The number of aliphatic hydroxyl groups is 1. The lowest BCUT2D eigenvalue weighted by Crippen LogP contribution is -2.54. The summed E-state index contributed by atoms with van der Waals surface area (Å²) in [5.74, 6) is -2.07. The number of carbonyl (C=O) groups is 1. The number of anilines is 1. The number of amides is 1. The zero-order chi connectivity index (χ0) is 32.1. The summed E-state index contributed by atoms with van der Waals surface area (Å²) >= 11 is 0. The first-order chi connectivity index (χ1) is 20.6. The van der Waals surface area contributed by atoms with E-state index in [4.69, 9.17) is 4.74 Å². The molecule has 0 aromatic heterocycles. The minimum absolute atomic E-state index is 0.0367. The summed E-state index contributed by atoms with van der Waals surface area (Å²) in [4.78, 5) is 12.3. The Morgan fingerprint density at radius 2 is 1.64 bits per heavy atom. The lowest BCUT2D eigenvalue weighted by Gasteiger charge is -2.35. The molecule has 1 saturated heterocycles. The van der Waals surface area contributed by atoms with Gasteiger partial charge in [-0.05, 0) is 46.2 Å². The van der Waals surface area contributed by atoms with Crippen LogP contribution in [0.4, 0.5) is 23.7 Å². The Balaban J connectivity index is 1.46. The van der Waals surface area contributed by atoms with E-state index in [0.29, 0.717) is 17.7 Å². The minimum atomic E-state index is -5.06. The molecular weight excluding hydrogens is 597 g/mol. The van der Waals surface area contributed by atoms with Gasteiger partial charge in [0, 0.05) is 18.5 Å². The largest absolute Gasteiger partial charge is 0.573 e. The highest BCUT2D eigenvalue weighted by Crippen LogP contribution is 2.33. The molecule has 0 unspecified atom stereocenters. The van der Waals surface area contributed by atoms with Crippen LogP contribution in [-0.4, -0.2) is 49.6 Å². The second-order valence-corrected chi connectivity index (χ2v) is 14.2. The van der Waals surface area contributed by atoms with Crippen molar-refractivity contribution in [2.45, 2.75) is 64.3 Å². The molecule has 238 valence electrons. The zero-order valence-corrected chi connectivity index (χ0v) is 25.5. The first kappa shape index (κ1) is 33.3. The number of ether oxygens (including phenoxy) is 2. The number of alkyl halides is 3. The van der Waals surface area contributed by atoms with Crippen molar-refractivity contribution in [2.75, 3.05) is 16.8 Å². The summed E-state index contributed by atoms with van der Waals surface area (Å²) in [5.41, 5.74) is 2.69. The number of halogens is 3. The minimum Gasteiger partial charge on any atom is -0.444 e. The quantitative estimate of drug-likeness (QED) is 0.275. The molecule has 0 radical (unpaired) electrons. The molecule has 0 saturated carbocycles. The van der Waals surface area contributed by atoms with Crippen LogP contribution >= 0.6 is 0 Å². The highest BCUT2D eigenvalue weighted by atomic mass is 32.2. The van der Waals surface area contributed by atoms with E-state index in [2.05, 4.69) is 36.1 Å². The van der Waals surface area contributed by atoms with E-state index in [1.54, 1.807) is 30.3 Å². The molecule has 8 nitrogen and oxygen atoms in total. The third kappa shape index (κ3) is 9.70. The van der Waals surface area contributed by atoms with Crippen molar-refractivity contribution in [1.82, 2.24) is 5.32 Å². The van der Waals surface area contributed by atoms with Gasteiger partial charge in [-0.25, -0.2) is 13.2 Å². The number of carbonyl (C=O) groups excluding carboxylic acids is 1. The van der Waals surface area contributed by atoms with Crippen LogP contribution < -0.4 is 15.4 Å². The number of hydrogen-bond donors (Lipinski definition) is 3. The molecule has 1 fully saturated rings. The van der Waals surface area contributed by atoms with E-state index in [9.17, 15) is 31.5 Å². The van der Waals surface area contributed by atoms with Gasteiger partial charge in [0.25, 0.3) is 0 Å². The van der Waals surface area contributed by atoms with Gasteiger partial charge in [0.1, 0.15) is 6.61 Å². The van der Waals surface area contributed by atoms with Gasteiger partial charge < -0.3 is 19.9 Å². The maximum absolute atomic E-state index is 13.3. The second-order valence-electron chi connectivity index (χ2n) is 12.0. The van der Waals surface area contributed by atoms with Crippen molar-refractivity contribution in [1.29, 1.82) is 0 Å². The Labute approximate surface area is 255 Å². The van der Waals surface area contributed by atoms with Gasteiger partial charge >= 0.3 is 12.5 Å². The third-order valence-electron chi connectivity index (χ3n) is 7.38. The molecule has 0 aliphatic carbocycles. The molecule has 1 amide bonds. The van der Waals surface area contributed by atoms with E-state index < -0.39 is 46.1 Å². The van der Waals surface area contributed by atoms with Gasteiger partial charge in [-0.2, -0.15) is 0 Å². The molecule has 4 rings (SSSR count). The van der Waals surface area contributed by atoms with E-state index in [1.165, 1.54) is 12.1 Å². The van der Waals surface area contributed by atoms with Crippen LogP contribution in [0.1, 0.15) is 43.0 Å². The number of benzene rings is 3. The standard InChI is InChI=1S/C32H37F3N2O6S/c1-31(2,3)25-11-7-10-23(15-25)17-36-27-20-44(40,41)19-24(29(27)38)14-22-12-13-26(28(16-22)43-32(33,34)35)37-30(39)42-18-21-8-5-4-6-9-21/h4-13,15-16,24,27,29,36,38H,14,17-20H2,1-3H3,(H,37,39)/t24-,27+,29+/m1/s1.